The summed E-state index contributed by atoms with van der Waals surface area (Å²) in [5, 5.41) is 10.3. The van der Waals surface area contributed by atoms with Gasteiger partial charge in [-0.1, -0.05) is 11.6 Å². The Bertz CT molecular complexity index is 488. The molecule has 1 rings (SSSR count). The van der Waals surface area contributed by atoms with E-state index in [4.69, 9.17) is 30.5 Å². The van der Waals surface area contributed by atoms with Gasteiger partial charge in [0, 0.05) is 6.07 Å². The Kier molecular flexibility index (Phi) is 5.91. The average molecular weight is 305 g/mol. The first-order valence-electron chi connectivity index (χ1n) is 5.84. The summed E-state index contributed by atoms with van der Waals surface area (Å²) in [5.74, 6) is -0.260. The van der Waals surface area contributed by atoms with Gasteiger partial charge in [-0.3, -0.25) is 0 Å². The van der Waals surface area contributed by atoms with E-state index in [1.165, 1.54) is 27.4 Å². The number of carbonyl (C=O) groups excluding carboxylic acids is 1. The van der Waals surface area contributed by atoms with Gasteiger partial charge in [0.1, 0.15) is 5.75 Å². The van der Waals surface area contributed by atoms with E-state index in [0.29, 0.717) is 0 Å². The van der Waals surface area contributed by atoms with Gasteiger partial charge in [-0.05, 0) is 6.92 Å². The lowest BCUT2D eigenvalue weighted by atomic mass is 10.1. The van der Waals surface area contributed by atoms with Gasteiger partial charge in [-0.15, -0.1) is 0 Å². The highest BCUT2D eigenvalue weighted by atomic mass is 35.5. The lowest BCUT2D eigenvalue weighted by Crippen LogP contribution is -2.17. The number of hydrogen-bond acceptors (Lipinski definition) is 6. The minimum absolute atomic E-state index is 0.0674. The number of carbonyl (C=O) groups is 1. The first-order chi connectivity index (χ1) is 9.51. The molecular formula is C13H17ClO6. The minimum atomic E-state index is -1.59. The number of ether oxygens (including phenoxy) is 4. The van der Waals surface area contributed by atoms with Crippen molar-refractivity contribution in [2.75, 3.05) is 27.9 Å². The summed E-state index contributed by atoms with van der Waals surface area (Å²) in [5.41, 5.74) is 0.0674. The second-order valence-electron chi connectivity index (χ2n) is 3.70. The van der Waals surface area contributed by atoms with Crippen molar-refractivity contribution in [1.82, 2.24) is 0 Å². The fraction of sp³-hybridized carbons (Fsp3) is 0.462. The van der Waals surface area contributed by atoms with Crippen LogP contribution in [0.3, 0.4) is 0 Å². The SMILES string of the molecule is CCOC(=O)C(O)c1c(OC)c(Cl)cc(OC)c1OC. The third kappa shape index (κ3) is 3.08. The van der Waals surface area contributed by atoms with Gasteiger partial charge < -0.3 is 24.1 Å². The zero-order valence-corrected chi connectivity index (χ0v) is 12.5. The second kappa shape index (κ2) is 7.21. The van der Waals surface area contributed by atoms with E-state index in [-0.39, 0.29) is 34.4 Å². The molecule has 0 fully saturated rings. The number of rotatable bonds is 6. The molecule has 0 aromatic heterocycles. The largest absolute Gasteiger partial charge is 0.495 e. The van der Waals surface area contributed by atoms with Crippen molar-refractivity contribution in [3.63, 3.8) is 0 Å². The monoisotopic (exact) mass is 304 g/mol. The Balaban J connectivity index is 3.47. The molecule has 112 valence electrons. The number of aliphatic hydroxyl groups excluding tert-OH is 1. The molecule has 0 saturated heterocycles. The maximum atomic E-state index is 11.7. The van der Waals surface area contributed by atoms with Crippen molar-refractivity contribution in [3.05, 3.63) is 16.7 Å². The third-order valence-electron chi connectivity index (χ3n) is 2.60. The number of benzene rings is 1. The van der Waals surface area contributed by atoms with Gasteiger partial charge in [0.05, 0.1) is 38.5 Å². The van der Waals surface area contributed by atoms with Crippen LogP contribution in [0.1, 0.15) is 18.6 Å². The van der Waals surface area contributed by atoms with E-state index in [9.17, 15) is 9.90 Å². The molecule has 20 heavy (non-hydrogen) atoms. The van der Waals surface area contributed by atoms with Crippen LogP contribution < -0.4 is 14.2 Å². The normalized spacial score (nSPS) is 11.7. The highest BCUT2D eigenvalue weighted by molar-refractivity contribution is 6.32. The van der Waals surface area contributed by atoms with Crippen molar-refractivity contribution in [2.24, 2.45) is 0 Å². The van der Waals surface area contributed by atoms with Crippen LogP contribution in [-0.2, 0) is 9.53 Å². The Labute approximate surface area is 122 Å². The predicted molar refractivity (Wildman–Crippen MR) is 72.7 cm³/mol. The quantitative estimate of drug-likeness (QED) is 0.810. The zero-order chi connectivity index (χ0) is 15.3. The molecule has 1 N–H and O–H groups in total. The van der Waals surface area contributed by atoms with Gasteiger partial charge in [-0.2, -0.15) is 0 Å². The molecule has 0 saturated carbocycles. The fourth-order valence-corrected chi connectivity index (χ4v) is 2.05. The standard InChI is InChI=1S/C13H17ClO6/c1-5-20-13(16)10(15)9-11(18-3)7(14)6-8(17-2)12(9)19-4/h6,10,15H,5H2,1-4H3. The molecule has 0 heterocycles. The van der Waals surface area contributed by atoms with Gasteiger partial charge in [0.25, 0.3) is 0 Å². The zero-order valence-electron chi connectivity index (χ0n) is 11.7. The highest BCUT2D eigenvalue weighted by Gasteiger charge is 2.30. The van der Waals surface area contributed by atoms with Crippen molar-refractivity contribution >= 4 is 17.6 Å². The van der Waals surface area contributed by atoms with Crippen molar-refractivity contribution in [3.8, 4) is 17.2 Å². The Hall–Kier alpha value is -1.66. The molecule has 0 aliphatic rings. The molecule has 1 atom stereocenters. The molecule has 1 aromatic rings. The van der Waals surface area contributed by atoms with E-state index in [0.717, 1.165) is 0 Å². The molecule has 0 aliphatic carbocycles. The Morgan fingerprint density at radius 3 is 2.30 bits per heavy atom. The summed E-state index contributed by atoms with van der Waals surface area (Å²) >= 11 is 6.04. The van der Waals surface area contributed by atoms with E-state index in [1.807, 2.05) is 0 Å². The van der Waals surface area contributed by atoms with Crippen molar-refractivity contribution in [1.29, 1.82) is 0 Å². The highest BCUT2D eigenvalue weighted by Crippen LogP contribution is 2.45. The summed E-state index contributed by atoms with van der Waals surface area (Å²) in [6.07, 6.45) is -1.59. The summed E-state index contributed by atoms with van der Waals surface area (Å²) in [7, 11) is 4.17. The van der Waals surface area contributed by atoms with Crippen LogP contribution >= 0.6 is 11.6 Å². The molecule has 0 spiro atoms. The Morgan fingerprint density at radius 2 is 1.85 bits per heavy atom. The van der Waals surface area contributed by atoms with Crippen LogP contribution in [0.4, 0.5) is 0 Å². The molecule has 0 radical (unpaired) electrons. The molecule has 0 bridgehead atoms. The first kappa shape index (κ1) is 16.4. The molecule has 1 aromatic carbocycles. The maximum absolute atomic E-state index is 11.7. The van der Waals surface area contributed by atoms with Crippen LogP contribution in [0, 0.1) is 0 Å². The minimum Gasteiger partial charge on any atom is -0.495 e. The number of halogens is 1. The molecule has 0 amide bonds. The van der Waals surface area contributed by atoms with Gasteiger partial charge >= 0.3 is 5.97 Å². The van der Waals surface area contributed by atoms with E-state index in [1.54, 1.807) is 6.92 Å². The lowest BCUT2D eigenvalue weighted by molar-refractivity contribution is -0.153. The number of hydrogen-bond donors (Lipinski definition) is 1. The van der Waals surface area contributed by atoms with Crippen LogP contribution in [0.15, 0.2) is 6.07 Å². The summed E-state index contributed by atoms with van der Waals surface area (Å²) in [4.78, 5) is 11.7. The summed E-state index contributed by atoms with van der Waals surface area (Å²) in [6, 6.07) is 1.47. The molecule has 6 nitrogen and oxygen atoms in total. The Morgan fingerprint density at radius 1 is 1.25 bits per heavy atom. The molecule has 1 unspecified atom stereocenters. The smallest absolute Gasteiger partial charge is 0.339 e. The summed E-state index contributed by atoms with van der Waals surface area (Å²) < 4.78 is 20.2. The predicted octanol–water partition coefficient (Wildman–Crippen LogP) is 1.96. The van der Waals surface area contributed by atoms with Crippen LogP contribution in [-0.4, -0.2) is 39.0 Å². The number of methoxy groups -OCH3 is 3. The maximum Gasteiger partial charge on any atom is 0.339 e. The summed E-state index contributed by atoms with van der Waals surface area (Å²) in [6.45, 7) is 1.77. The number of aliphatic hydroxyl groups is 1. The average Bonchev–Trinajstić information content (AvgIpc) is 2.45. The van der Waals surface area contributed by atoms with Gasteiger partial charge in [0.2, 0.25) is 0 Å². The van der Waals surface area contributed by atoms with E-state index >= 15 is 0 Å². The van der Waals surface area contributed by atoms with Gasteiger partial charge in [-0.25, -0.2) is 4.79 Å². The van der Waals surface area contributed by atoms with E-state index in [2.05, 4.69) is 0 Å². The molecule has 0 aliphatic heterocycles. The second-order valence-corrected chi connectivity index (χ2v) is 4.10. The topological polar surface area (TPSA) is 74.2 Å². The van der Waals surface area contributed by atoms with Crippen LogP contribution in [0.2, 0.25) is 5.02 Å². The fourth-order valence-electron chi connectivity index (χ4n) is 1.77. The van der Waals surface area contributed by atoms with Crippen LogP contribution in [0.25, 0.3) is 0 Å². The van der Waals surface area contributed by atoms with Gasteiger partial charge in [0.15, 0.2) is 17.6 Å². The van der Waals surface area contributed by atoms with Crippen molar-refractivity contribution < 1.29 is 28.8 Å². The van der Waals surface area contributed by atoms with Crippen LogP contribution in [0.5, 0.6) is 17.2 Å². The molecular weight excluding hydrogens is 288 g/mol. The van der Waals surface area contributed by atoms with Crippen molar-refractivity contribution in [2.45, 2.75) is 13.0 Å². The first-order valence-corrected chi connectivity index (χ1v) is 6.22. The molecule has 7 heteroatoms. The number of esters is 1. The lowest BCUT2D eigenvalue weighted by Gasteiger charge is -2.20. The van der Waals surface area contributed by atoms with E-state index < -0.39 is 12.1 Å². The third-order valence-corrected chi connectivity index (χ3v) is 2.88.